The van der Waals surface area contributed by atoms with Crippen molar-refractivity contribution in [2.24, 2.45) is 5.92 Å². The van der Waals surface area contributed by atoms with Gasteiger partial charge in [-0.3, -0.25) is 0 Å². The number of benzene rings is 1. The van der Waals surface area contributed by atoms with Gasteiger partial charge in [0, 0.05) is 13.1 Å². The van der Waals surface area contributed by atoms with Crippen LogP contribution < -0.4 is 5.32 Å². The molecule has 1 unspecified atom stereocenters. The van der Waals surface area contributed by atoms with E-state index in [9.17, 15) is 8.42 Å². The van der Waals surface area contributed by atoms with Gasteiger partial charge in [0.05, 0.1) is 10.4 Å². The van der Waals surface area contributed by atoms with Crippen LogP contribution in [0.3, 0.4) is 0 Å². The first-order valence-corrected chi connectivity index (χ1v) is 8.75. The lowest BCUT2D eigenvalue weighted by atomic mass is 9.88. The van der Waals surface area contributed by atoms with Gasteiger partial charge >= 0.3 is 0 Å². The molecule has 0 aromatic heterocycles. The number of nitrogens with one attached hydrogen (secondary N) is 1. The topological polar surface area (TPSA) is 49.4 Å². The summed E-state index contributed by atoms with van der Waals surface area (Å²) in [5.74, 6) is 0.500. The Morgan fingerprint density at radius 3 is 2.67 bits per heavy atom. The summed E-state index contributed by atoms with van der Waals surface area (Å²) in [5.41, 5.74) is 0.624. The van der Waals surface area contributed by atoms with Gasteiger partial charge in [-0.15, -0.1) is 12.4 Å². The van der Waals surface area contributed by atoms with Crippen LogP contribution >= 0.6 is 12.4 Å². The molecule has 0 aliphatic carbocycles. The number of hydrogen-bond donors (Lipinski definition) is 1. The van der Waals surface area contributed by atoms with Crippen LogP contribution in [0.2, 0.25) is 0 Å². The minimum absolute atomic E-state index is 0. The molecule has 0 saturated carbocycles. The van der Waals surface area contributed by atoms with Crippen molar-refractivity contribution < 1.29 is 8.42 Å². The number of fused-ring (bicyclic) bond motifs is 2. The maximum Gasteiger partial charge on any atom is 0.244 e. The lowest BCUT2D eigenvalue weighted by Crippen LogP contribution is -2.46. The number of halogens is 1. The molecular weight excluding hydrogens is 308 g/mol. The average molecular weight is 331 g/mol. The first-order chi connectivity index (χ1) is 9.48. The van der Waals surface area contributed by atoms with E-state index in [4.69, 9.17) is 0 Å². The van der Waals surface area contributed by atoms with Crippen LogP contribution in [0.5, 0.6) is 0 Å². The minimum Gasteiger partial charge on any atom is -0.314 e. The highest BCUT2D eigenvalue weighted by Crippen LogP contribution is 2.47. The molecule has 0 amide bonds. The quantitative estimate of drug-likeness (QED) is 0.925. The van der Waals surface area contributed by atoms with E-state index < -0.39 is 10.0 Å². The average Bonchev–Trinajstić information content (AvgIpc) is 2.94. The van der Waals surface area contributed by atoms with E-state index in [1.807, 2.05) is 18.2 Å². The molecule has 2 aliphatic heterocycles. The Morgan fingerprint density at radius 2 is 2.05 bits per heavy atom. The zero-order chi connectivity index (χ0) is 14.4. The second-order valence-corrected chi connectivity index (χ2v) is 8.04. The molecule has 1 aromatic rings. The number of rotatable bonds is 3. The van der Waals surface area contributed by atoms with E-state index in [-0.39, 0.29) is 17.9 Å². The molecule has 3 rings (SSSR count). The molecule has 1 fully saturated rings. The summed E-state index contributed by atoms with van der Waals surface area (Å²) in [6.07, 6.45) is 1.76. The zero-order valence-corrected chi connectivity index (χ0v) is 14.1. The summed E-state index contributed by atoms with van der Waals surface area (Å²) in [6.45, 7) is 6.48. The second-order valence-electron chi connectivity index (χ2n) is 6.21. The third kappa shape index (κ3) is 2.50. The predicted molar refractivity (Wildman–Crippen MR) is 86.2 cm³/mol. The van der Waals surface area contributed by atoms with Gasteiger partial charge in [0.2, 0.25) is 10.0 Å². The summed E-state index contributed by atoms with van der Waals surface area (Å²) in [7, 11) is -3.34. The minimum atomic E-state index is -3.34. The van der Waals surface area contributed by atoms with Gasteiger partial charge in [0.25, 0.3) is 0 Å². The zero-order valence-electron chi connectivity index (χ0n) is 12.5. The summed E-state index contributed by atoms with van der Waals surface area (Å²) < 4.78 is 27.5. The fourth-order valence-corrected chi connectivity index (χ4v) is 5.47. The molecule has 21 heavy (non-hydrogen) atoms. The Bertz CT molecular complexity index is 610. The van der Waals surface area contributed by atoms with E-state index in [2.05, 4.69) is 19.2 Å². The van der Waals surface area contributed by atoms with Crippen LogP contribution in [-0.4, -0.2) is 32.4 Å². The molecule has 1 saturated heterocycles. The highest BCUT2D eigenvalue weighted by Gasteiger charge is 2.54. The smallest absolute Gasteiger partial charge is 0.244 e. The molecule has 2 heterocycles. The van der Waals surface area contributed by atoms with Crippen molar-refractivity contribution >= 4 is 22.4 Å². The van der Waals surface area contributed by atoms with Gasteiger partial charge in [-0.05, 0) is 36.9 Å². The third-order valence-electron chi connectivity index (χ3n) is 4.48. The van der Waals surface area contributed by atoms with Gasteiger partial charge in [0.1, 0.15) is 0 Å². The van der Waals surface area contributed by atoms with Crippen molar-refractivity contribution in [1.29, 1.82) is 0 Å². The molecule has 1 spiro atoms. The van der Waals surface area contributed by atoms with Crippen LogP contribution in [0, 0.1) is 5.92 Å². The Balaban J connectivity index is 0.00000161. The highest BCUT2D eigenvalue weighted by molar-refractivity contribution is 7.89. The van der Waals surface area contributed by atoms with E-state index >= 15 is 0 Å². The van der Waals surface area contributed by atoms with Gasteiger partial charge in [-0.25, -0.2) is 8.42 Å². The number of sulfonamides is 1. The molecule has 0 radical (unpaired) electrons. The number of hydrogen-bond acceptors (Lipinski definition) is 3. The maximum absolute atomic E-state index is 12.9. The van der Waals surface area contributed by atoms with Crippen LogP contribution in [-0.2, 0) is 15.6 Å². The molecule has 1 N–H and O–H groups in total. The van der Waals surface area contributed by atoms with E-state index in [0.29, 0.717) is 17.4 Å². The lowest BCUT2D eigenvalue weighted by molar-refractivity contribution is 0.210. The van der Waals surface area contributed by atoms with E-state index in [1.165, 1.54) is 0 Å². The predicted octanol–water partition coefficient (Wildman–Crippen LogP) is 2.35. The molecule has 4 nitrogen and oxygen atoms in total. The van der Waals surface area contributed by atoms with Crippen molar-refractivity contribution in [2.45, 2.75) is 37.1 Å². The van der Waals surface area contributed by atoms with E-state index in [0.717, 1.165) is 31.5 Å². The summed E-state index contributed by atoms with van der Waals surface area (Å²) >= 11 is 0. The van der Waals surface area contributed by atoms with Gasteiger partial charge < -0.3 is 5.32 Å². The van der Waals surface area contributed by atoms with Gasteiger partial charge in [-0.2, -0.15) is 4.31 Å². The highest BCUT2D eigenvalue weighted by atomic mass is 35.5. The van der Waals surface area contributed by atoms with Gasteiger partial charge in [0.15, 0.2) is 0 Å². The Morgan fingerprint density at radius 1 is 1.33 bits per heavy atom. The number of nitrogens with zero attached hydrogens (tertiary/aromatic N) is 1. The van der Waals surface area contributed by atoms with Crippen LogP contribution in [0.1, 0.15) is 32.3 Å². The van der Waals surface area contributed by atoms with Crippen LogP contribution in [0.4, 0.5) is 0 Å². The molecule has 1 atom stereocenters. The summed E-state index contributed by atoms with van der Waals surface area (Å²) in [6, 6.07) is 7.49. The van der Waals surface area contributed by atoms with Crippen LogP contribution in [0.15, 0.2) is 29.2 Å². The lowest BCUT2D eigenvalue weighted by Gasteiger charge is -2.33. The van der Waals surface area contributed by atoms with E-state index in [1.54, 1.807) is 10.4 Å². The van der Waals surface area contributed by atoms with Crippen molar-refractivity contribution in [3.05, 3.63) is 29.8 Å². The molecule has 2 aliphatic rings. The molecule has 118 valence electrons. The molecule has 1 aromatic carbocycles. The standard InChI is InChI=1S/C15H22N2O2S.ClH/c1-12(2)7-10-17-15(8-9-16-11-15)13-5-3-4-6-14(13)20(17,18)19;/h3-6,12,16H,7-11H2,1-2H3;1H. The Labute approximate surface area is 133 Å². The molecular formula is C15H23ClN2O2S. The Hall–Kier alpha value is -0.620. The molecule has 6 heteroatoms. The van der Waals surface area contributed by atoms with Crippen molar-refractivity contribution in [3.8, 4) is 0 Å². The SMILES string of the molecule is CC(C)CCN1C2(CCNC2)c2ccccc2S1(=O)=O.Cl. The van der Waals surface area contributed by atoms with Crippen molar-refractivity contribution in [3.63, 3.8) is 0 Å². The largest absolute Gasteiger partial charge is 0.314 e. The van der Waals surface area contributed by atoms with Crippen molar-refractivity contribution in [1.82, 2.24) is 9.62 Å². The normalized spacial score (nSPS) is 27.0. The van der Waals surface area contributed by atoms with Crippen molar-refractivity contribution in [2.75, 3.05) is 19.6 Å². The van der Waals surface area contributed by atoms with Crippen LogP contribution in [0.25, 0.3) is 0 Å². The molecule has 0 bridgehead atoms. The third-order valence-corrected chi connectivity index (χ3v) is 6.50. The fourth-order valence-electron chi connectivity index (χ4n) is 3.39. The second kappa shape index (κ2) is 5.88. The first kappa shape index (κ1) is 16.7. The summed E-state index contributed by atoms with van der Waals surface area (Å²) in [5, 5.41) is 3.35. The monoisotopic (exact) mass is 330 g/mol. The Kier molecular flexibility index (Phi) is 4.69. The first-order valence-electron chi connectivity index (χ1n) is 7.31. The maximum atomic E-state index is 12.9. The van der Waals surface area contributed by atoms with Gasteiger partial charge in [-0.1, -0.05) is 32.0 Å². The fraction of sp³-hybridized carbons (Fsp3) is 0.600. The summed E-state index contributed by atoms with van der Waals surface area (Å²) in [4.78, 5) is 0.507.